The molecule has 0 bridgehead atoms. The number of thiophene rings is 1. The average molecular weight is 460 g/mol. The highest BCUT2D eigenvalue weighted by molar-refractivity contribution is 7.89. The Morgan fingerprint density at radius 1 is 1.03 bits per heavy atom. The number of nitrogens with zero attached hydrogens (tertiary/aromatic N) is 2. The van der Waals surface area contributed by atoms with Crippen LogP contribution in [-0.4, -0.2) is 49.5 Å². The van der Waals surface area contributed by atoms with Gasteiger partial charge in [0, 0.05) is 31.0 Å². The first-order valence-corrected chi connectivity index (χ1v) is 12.4. The molecule has 0 atom stereocenters. The van der Waals surface area contributed by atoms with Crippen molar-refractivity contribution in [3.8, 4) is 5.69 Å². The van der Waals surface area contributed by atoms with Crippen molar-refractivity contribution in [2.45, 2.75) is 25.3 Å². The molecule has 1 N–H and O–H groups in total. The number of ether oxygens (including phenoxy) is 1. The predicted molar refractivity (Wildman–Crippen MR) is 120 cm³/mol. The number of hydrogen-bond donors (Lipinski definition) is 1. The van der Waals surface area contributed by atoms with Gasteiger partial charge < -0.3 is 14.6 Å². The molecule has 0 aliphatic carbocycles. The van der Waals surface area contributed by atoms with E-state index in [1.807, 2.05) is 37.4 Å². The summed E-state index contributed by atoms with van der Waals surface area (Å²) in [5, 5.41) is 4.86. The lowest BCUT2D eigenvalue weighted by atomic mass is 10.2. The molecule has 9 heteroatoms. The molecule has 3 aromatic rings. The number of benzene rings is 1. The zero-order chi connectivity index (χ0) is 22.0. The summed E-state index contributed by atoms with van der Waals surface area (Å²) < 4.78 is 34.2. The highest BCUT2D eigenvalue weighted by atomic mass is 32.2. The zero-order valence-electron chi connectivity index (χ0n) is 17.5. The smallest absolute Gasteiger partial charge is 0.263 e. The van der Waals surface area contributed by atoms with Crippen LogP contribution in [0.15, 0.2) is 52.7 Å². The van der Waals surface area contributed by atoms with E-state index in [0.29, 0.717) is 37.7 Å². The largest absolute Gasteiger partial charge is 0.379 e. The first-order valence-electron chi connectivity index (χ1n) is 10.1. The number of rotatable bonds is 6. The van der Waals surface area contributed by atoms with E-state index in [0.717, 1.165) is 22.6 Å². The summed E-state index contributed by atoms with van der Waals surface area (Å²) in [4.78, 5) is 13.7. The Morgan fingerprint density at radius 3 is 2.32 bits per heavy atom. The van der Waals surface area contributed by atoms with Gasteiger partial charge in [0.15, 0.2) is 0 Å². The van der Waals surface area contributed by atoms with Gasteiger partial charge in [-0.2, -0.15) is 4.31 Å². The lowest BCUT2D eigenvalue weighted by Crippen LogP contribution is -2.40. The maximum Gasteiger partial charge on any atom is 0.263 e. The summed E-state index contributed by atoms with van der Waals surface area (Å²) in [7, 11) is -3.52. The molecular weight excluding hydrogens is 434 g/mol. The van der Waals surface area contributed by atoms with Gasteiger partial charge >= 0.3 is 0 Å². The van der Waals surface area contributed by atoms with Crippen molar-refractivity contribution in [3.63, 3.8) is 0 Å². The maximum absolute atomic E-state index is 12.8. The lowest BCUT2D eigenvalue weighted by molar-refractivity contribution is 0.0730. The van der Waals surface area contributed by atoms with E-state index < -0.39 is 10.0 Å². The molecule has 1 aliphatic heterocycles. The lowest BCUT2D eigenvalue weighted by Gasteiger charge is -2.26. The monoisotopic (exact) mass is 459 g/mol. The van der Waals surface area contributed by atoms with Crippen molar-refractivity contribution in [2.24, 2.45) is 0 Å². The third-order valence-corrected chi connectivity index (χ3v) is 8.16. The Kier molecular flexibility index (Phi) is 6.29. The van der Waals surface area contributed by atoms with Crippen LogP contribution in [0.2, 0.25) is 0 Å². The summed E-state index contributed by atoms with van der Waals surface area (Å²) >= 11 is 1.40. The topological polar surface area (TPSA) is 80.6 Å². The minimum atomic E-state index is -3.52. The molecule has 2 aromatic heterocycles. The van der Waals surface area contributed by atoms with Gasteiger partial charge in [-0.15, -0.1) is 11.3 Å². The third kappa shape index (κ3) is 4.45. The number of hydrogen-bond acceptors (Lipinski definition) is 5. The van der Waals surface area contributed by atoms with Gasteiger partial charge in [0.05, 0.1) is 23.8 Å². The predicted octanol–water partition coefficient (Wildman–Crippen LogP) is 3.11. The summed E-state index contributed by atoms with van der Waals surface area (Å²) in [6.07, 6.45) is 0. The van der Waals surface area contributed by atoms with Crippen LogP contribution in [0.5, 0.6) is 0 Å². The van der Waals surface area contributed by atoms with Crippen LogP contribution in [0.1, 0.15) is 26.6 Å². The Balaban J connectivity index is 1.44. The van der Waals surface area contributed by atoms with Gasteiger partial charge in [0.25, 0.3) is 5.91 Å². The van der Waals surface area contributed by atoms with Crippen molar-refractivity contribution >= 4 is 27.3 Å². The molecule has 1 saturated heterocycles. The first-order chi connectivity index (χ1) is 14.9. The summed E-state index contributed by atoms with van der Waals surface area (Å²) in [5.74, 6) is -0.150. The molecule has 0 radical (unpaired) electrons. The minimum Gasteiger partial charge on any atom is -0.379 e. The fourth-order valence-electron chi connectivity index (χ4n) is 3.67. The van der Waals surface area contributed by atoms with Crippen LogP contribution in [0.4, 0.5) is 0 Å². The molecule has 3 heterocycles. The van der Waals surface area contributed by atoms with Gasteiger partial charge in [-0.1, -0.05) is 12.1 Å². The summed E-state index contributed by atoms with van der Waals surface area (Å²) in [6, 6.07) is 12.7. The van der Waals surface area contributed by atoms with E-state index in [1.165, 1.54) is 15.6 Å². The number of aromatic nitrogens is 1. The number of carbonyl (C=O) groups is 1. The molecule has 1 aliphatic rings. The van der Waals surface area contributed by atoms with Crippen LogP contribution in [0, 0.1) is 13.8 Å². The highest BCUT2D eigenvalue weighted by Crippen LogP contribution is 2.25. The quantitative estimate of drug-likeness (QED) is 0.614. The van der Waals surface area contributed by atoms with E-state index in [4.69, 9.17) is 4.74 Å². The molecule has 0 spiro atoms. The van der Waals surface area contributed by atoms with Gasteiger partial charge in [0.2, 0.25) is 10.0 Å². The average Bonchev–Trinajstić information content (AvgIpc) is 3.39. The second kappa shape index (κ2) is 8.96. The van der Waals surface area contributed by atoms with Crippen LogP contribution in [0.3, 0.4) is 0 Å². The molecule has 164 valence electrons. The molecule has 1 aromatic carbocycles. The van der Waals surface area contributed by atoms with Crippen molar-refractivity contribution in [1.82, 2.24) is 14.2 Å². The fraction of sp³-hybridized carbons (Fsp3) is 0.318. The Labute approximate surface area is 186 Å². The summed E-state index contributed by atoms with van der Waals surface area (Å²) in [6.45, 7) is 5.90. The van der Waals surface area contributed by atoms with Gasteiger partial charge in [-0.3, -0.25) is 4.79 Å². The number of sulfonamides is 1. The third-order valence-electron chi connectivity index (χ3n) is 5.35. The number of amides is 1. The van der Waals surface area contributed by atoms with Crippen LogP contribution >= 0.6 is 11.3 Å². The molecule has 1 fully saturated rings. The van der Waals surface area contributed by atoms with E-state index in [1.54, 1.807) is 24.3 Å². The Hall–Kier alpha value is -2.46. The Morgan fingerprint density at radius 2 is 1.68 bits per heavy atom. The van der Waals surface area contributed by atoms with Crippen molar-refractivity contribution in [2.75, 3.05) is 26.3 Å². The molecule has 31 heavy (non-hydrogen) atoms. The highest BCUT2D eigenvalue weighted by Gasteiger charge is 2.26. The molecule has 7 nitrogen and oxygen atoms in total. The van der Waals surface area contributed by atoms with Crippen LogP contribution in [0.25, 0.3) is 5.69 Å². The van der Waals surface area contributed by atoms with Gasteiger partial charge in [-0.25, -0.2) is 8.42 Å². The van der Waals surface area contributed by atoms with Crippen LogP contribution in [-0.2, 0) is 21.3 Å². The second-order valence-corrected chi connectivity index (χ2v) is 10.3. The van der Waals surface area contributed by atoms with Gasteiger partial charge in [-0.05, 0) is 55.1 Å². The number of aryl methyl sites for hydroxylation is 2. The maximum atomic E-state index is 12.8. The number of carbonyl (C=O) groups excluding carboxylic acids is 1. The fourth-order valence-corrected chi connectivity index (χ4v) is 5.88. The van der Waals surface area contributed by atoms with Gasteiger partial charge in [0.1, 0.15) is 4.88 Å². The van der Waals surface area contributed by atoms with Crippen molar-refractivity contribution in [1.29, 1.82) is 0 Å². The molecule has 4 rings (SSSR count). The summed E-state index contributed by atoms with van der Waals surface area (Å²) in [5.41, 5.74) is 3.85. The number of nitrogens with one attached hydrogen (secondary N) is 1. The molecular formula is C22H25N3O4S2. The van der Waals surface area contributed by atoms with E-state index in [9.17, 15) is 13.2 Å². The SMILES string of the molecule is Cc1ccc(C)n1-c1ccsc1C(=O)NCc1ccc(S(=O)(=O)N2CCOCC2)cc1. The van der Waals surface area contributed by atoms with E-state index in [-0.39, 0.29) is 10.8 Å². The second-order valence-electron chi connectivity index (χ2n) is 7.43. The van der Waals surface area contributed by atoms with E-state index >= 15 is 0 Å². The van der Waals surface area contributed by atoms with E-state index in [2.05, 4.69) is 9.88 Å². The number of morpholine rings is 1. The zero-order valence-corrected chi connectivity index (χ0v) is 19.1. The first kappa shape index (κ1) is 21.8. The minimum absolute atomic E-state index is 0.150. The molecule has 1 amide bonds. The van der Waals surface area contributed by atoms with Crippen LogP contribution < -0.4 is 5.32 Å². The van der Waals surface area contributed by atoms with Crippen molar-refractivity contribution in [3.05, 3.63) is 69.7 Å². The van der Waals surface area contributed by atoms with Crippen molar-refractivity contribution < 1.29 is 17.9 Å². The Bertz CT molecular complexity index is 1150. The normalized spacial score (nSPS) is 15.2. The standard InChI is InChI=1S/C22H25N3O4S2/c1-16-3-4-17(2)25(16)20-9-14-30-21(20)22(26)23-15-18-5-7-19(8-6-18)31(27,28)24-10-12-29-13-11-24/h3-9,14H,10-13,15H2,1-2H3,(H,23,26). The molecule has 0 saturated carbocycles. The molecule has 0 unspecified atom stereocenters.